The van der Waals surface area contributed by atoms with Gasteiger partial charge in [-0.25, -0.2) is 4.79 Å². The zero-order valence-electron chi connectivity index (χ0n) is 13.2. The Hall–Kier alpha value is -1.91. The van der Waals surface area contributed by atoms with Crippen molar-refractivity contribution in [2.45, 2.75) is 45.3 Å². The van der Waals surface area contributed by atoms with Gasteiger partial charge in [-0.05, 0) is 38.5 Å². The number of hydrogen-bond acceptors (Lipinski definition) is 3. The molecule has 0 aromatic heterocycles. The Balaban J connectivity index is 2.22. The largest absolute Gasteiger partial charge is 0.497 e. The maximum absolute atomic E-state index is 12.0. The van der Waals surface area contributed by atoms with Crippen LogP contribution in [0.15, 0.2) is 18.2 Å². The molecule has 2 rings (SSSR count). The lowest BCUT2D eigenvalue weighted by molar-refractivity contribution is 0.0677. The molecule has 0 aliphatic carbocycles. The number of ether oxygens (including phenoxy) is 2. The van der Waals surface area contributed by atoms with Crippen molar-refractivity contribution in [3.8, 4) is 11.5 Å². The standard InChI is InChI=1S/C16H24N2O3/c1-5-8-17-15(19)18-13-10-16(2,3)21-14-7-6-11(20-4)9-12(13)14/h6-7,9,13H,5,8,10H2,1-4H3,(H2,17,18,19)/t13-/m0/s1. The van der Waals surface area contributed by atoms with Crippen molar-refractivity contribution in [3.05, 3.63) is 23.8 Å². The zero-order valence-corrected chi connectivity index (χ0v) is 13.2. The molecule has 5 heteroatoms. The number of methoxy groups -OCH3 is 1. The molecule has 0 saturated carbocycles. The molecular formula is C16H24N2O3. The lowest BCUT2D eigenvalue weighted by Gasteiger charge is -2.38. The molecule has 0 unspecified atom stereocenters. The summed E-state index contributed by atoms with van der Waals surface area (Å²) in [5.41, 5.74) is 0.643. The predicted octanol–water partition coefficient (Wildman–Crippen LogP) is 3.01. The molecule has 1 aromatic rings. The Morgan fingerprint density at radius 1 is 1.48 bits per heavy atom. The molecule has 0 fully saturated rings. The summed E-state index contributed by atoms with van der Waals surface area (Å²) in [5, 5.41) is 5.88. The van der Waals surface area contributed by atoms with Crippen molar-refractivity contribution < 1.29 is 14.3 Å². The first kappa shape index (κ1) is 15.5. The zero-order chi connectivity index (χ0) is 15.5. The van der Waals surface area contributed by atoms with Crippen LogP contribution in [0.2, 0.25) is 0 Å². The van der Waals surface area contributed by atoms with Crippen LogP contribution in [0.3, 0.4) is 0 Å². The number of nitrogens with one attached hydrogen (secondary N) is 2. The van der Waals surface area contributed by atoms with Gasteiger partial charge in [-0.3, -0.25) is 0 Å². The first-order valence-corrected chi connectivity index (χ1v) is 7.36. The number of carbonyl (C=O) groups is 1. The van der Waals surface area contributed by atoms with Crippen LogP contribution < -0.4 is 20.1 Å². The smallest absolute Gasteiger partial charge is 0.315 e. The number of hydrogen-bond donors (Lipinski definition) is 2. The first-order valence-electron chi connectivity index (χ1n) is 7.36. The van der Waals surface area contributed by atoms with E-state index in [-0.39, 0.29) is 17.7 Å². The highest BCUT2D eigenvalue weighted by molar-refractivity contribution is 5.74. The fraction of sp³-hybridized carbons (Fsp3) is 0.562. The van der Waals surface area contributed by atoms with E-state index in [4.69, 9.17) is 9.47 Å². The molecule has 0 bridgehead atoms. The topological polar surface area (TPSA) is 59.6 Å². The van der Waals surface area contributed by atoms with E-state index in [0.717, 1.165) is 23.5 Å². The van der Waals surface area contributed by atoms with E-state index in [9.17, 15) is 4.79 Å². The Morgan fingerprint density at radius 2 is 2.24 bits per heavy atom. The summed E-state index contributed by atoms with van der Waals surface area (Å²) in [7, 11) is 1.63. The van der Waals surface area contributed by atoms with Crippen molar-refractivity contribution in [2.24, 2.45) is 0 Å². The summed E-state index contributed by atoms with van der Waals surface area (Å²) >= 11 is 0. The van der Waals surface area contributed by atoms with Crippen LogP contribution in [0.5, 0.6) is 11.5 Å². The van der Waals surface area contributed by atoms with Gasteiger partial charge in [0.05, 0.1) is 13.2 Å². The van der Waals surface area contributed by atoms with Crippen molar-refractivity contribution in [1.29, 1.82) is 0 Å². The summed E-state index contributed by atoms with van der Waals surface area (Å²) in [5.74, 6) is 1.56. The molecule has 21 heavy (non-hydrogen) atoms. The van der Waals surface area contributed by atoms with Gasteiger partial charge >= 0.3 is 6.03 Å². The van der Waals surface area contributed by atoms with Gasteiger partial charge in [-0.1, -0.05) is 6.92 Å². The fourth-order valence-electron chi connectivity index (χ4n) is 2.54. The molecule has 5 nitrogen and oxygen atoms in total. The number of fused-ring (bicyclic) bond motifs is 1. The van der Waals surface area contributed by atoms with Gasteiger partial charge in [-0.2, -0.15) is 0 Å². The Bertz CT molecular complexity index is 514. The van der Waals surface area contributed by atoms with Crippen LogP contribution in [0.25, 0.3) is 0 Å². The van der Waals surface area contributed by atoms with E-state index in [2.05, 4.69) is 10.6 Å². The lowest BCUT2D eigenvalue weighted by Crippen LogP contribution is -2.44. The number of urea groups is 1. The number of rotatable bonds is 4. The average Bonchev–Trinajstić information content (AvgIpc) is 2.43. The molecular weight excluding hydrogens is 268 g/mol. The van der Waals surface area contributed by atoms with E-state index in [1.54, 1.807) is 7.11 Å². The van der Waals surface area contributed by atoms with Crippen molar-refractivity contribution in [2.75, 3.05) is 13.7 Å². The average molecular weight is 292 g/mol. The third-order valence-corrected chi connectivity index (χ3v) is 3.52. The summed E-state index contributed by atoms with van der Waals surface area (Å²) in [6.07, 6.45) is 1.63. The minimum atomic E-state index is -0.315. The number of benzene rings is 1. The van der Waals surface area contributed by atoms with E-state index in [1.807, 2.05) is 39.0 Å². The quantitative estimate of drug-likeness (QED) is 0.897. The molecule has 116 valence electrons. The molecule has 1 heterocycles. The van der Waals surface area contributed by atoms with E-state index >= 15 is 0 Å². The molecule has 1 aliphatic heterocycles. The highest BCUT2D eigenvalue weighted by Gasteiger charge is 2.34. The second kappa shape index (κ2) is 6.24. The summed E-state index contributed by atoms with van der Waals surface area (Å²) < 4.78 is 11.3. The van der Waals surface area contributed by atoms with Crippen molar-refractivity contribution in [3.63, 3.8) is 0 Å². The highest BCUT2D eigenvalue weighted by Crippen LogP contribution is 2.40. The Morgan fingerprint density at radius 3 is 2.90 bits per heavy atom. The number of carbonyl (C=O) groups excluding carboxylic acids is 1. The van der Waals surface area contributed by atoms with Crippen LogP contribution in [0, 0.1) is 0 Å². The molecule has 0 radical (unpaired) electrons. The number of amides is 2. The van der Waals surface area contributed by atoms with Crippen LogP contribution in [-0.4, -0.2) is 25.3 Å². The molecule has 1 aliphatic rings. The van der Waals surface area contributed by atoms with Crippen LogP contribution in [0.1, 0.15) is 45.2 Å². The van der Waals surface area contributed by atoms with Gasteiger partial charge in [0.15, 0.2) is 0 Å². The molecule has 1 atom stereocenters. The molecule has 1 aromatic carbocycles. The summed E-state index contributed by atoms with van der Waals surface area (Å²) in [4.78, 5) is 12.0. The lowest BCUT2D eigenvalue weighted by atomic mass is 9.89. The summed E-state index contributed by atoms with van der Waals surface area (Å²) in [6.45, 7) is 6.75. The van der Waals surface area contributed by atoms with Crippen LogP contribution >= 0.6 is 0 Å². The van der Waals surface area contributed by atoms with Gasteiger partial charge in [0.25, 0.3) is 0 Å². The SMILES string of the molecule is CCCNC(=O)N[C@H]1CC(C)(C)Oc2ccc(OC)cc21. The highest BCUT2D eigenvalue weighted by atomic mass is 16.5. The third-order valence-electron chi connectivity index (χ3n) is 3.52. The van der Waals surface area contributed by atoms with Gasteiger partial charge in [0.2, 0.25) is 0 Å². The monoisotopic (exact) mass is 292 g/mol. The van der Waals surface area contributed by atoms with Crippen molar-refractivity contribution >= 4 is 6.03 Å². The predicted molar refractivity (Wildman–Crippen MR) is 81.9 cm³/mol. The normalized spacial score (nSPS) is 19.1. The third kappa shape index (κ3) is 3.80. The van der Waals surface area contributed by atoms with Crippen LogP contribution in [-0.2, 0) is 0 Å². The minimum Gasteiger partial charge on any atom is -0.497 e. The van der Waals surface area contributed by atoms with Gasteiger partial charge in [0.1, 0.15) is 17.1 Å². The maximum atomic E-state index is 12.0. The Kier molecular flexibility index (Phi) is 4.60. The van der Waals surface area contributed by atoms with Gasteiger partial charge in [0, 0.05) is 18.5 Å². The second-order valence-electron chi connectivity index (χ2n) is 5.92. The summed E-state index contributed by atoms with van der Waals surface area (Å²) in [6, 6.07) is 5.46. The van der Waals surface area contributed by atoms with Crippen LogP contribution in [0.4, 0.5) is 4.79 Å². The first-order chi connectivity index (χ1) is 9.95. The molecule has 0 saturated heterocycles. The molecule has 2 N–H and O–H groups in total. The fourth-order valence-corrected chi connectivity index (χ4v) is 2.54. The van der Waals surface area contributed by atoms with Gasteiger partial charge < -0.3 is 20.1 Å². The second-order valence-corrected chi connectivity index (χ2v) is 5.92. The van der Waals surface area contributed by atoms with E-state index in [1.165, 1.54) is 0 Å². The van der Waals surface area contributed by atoms with E-state index in [0.29, 0.717) is 13.0 Å². The Labute approximate surface area is 126 Å². The molecule has 2 amide bonds. The molecule has 0 spiro atoms. The van der Waals surface area contributed by atoms with E-state index < -0.39 is 0 Å². The van der Waals surface area contributed by atoms with Crippen molar-refractivity contribution in [1.82, 2.24) is 10.6 Å². The maximum Gasteiger partial charge on any atom is 0.315 e. The minimum absolute atomic E-state index is 0.0873. The van der Waals surface area contributed by atoms with Gasteiger partial charge in [-0.15, -0.1) is 0 Å².